The number of rotatable bonds is 4. The summed E-state index contributed by atoms with van der Waals surface area (Å²) in [5, 5.41) is 15.7. The predicted molar refractivity (Wildman–Crippen MR) is 69.3 cm³/mol. The molecule has 0 spiro atoms. The lowest BCUT2D eigenvalue weighted by molar-refractivity contribution is -0.142. The molecule has 0 saturated heterocycles. The van der Waals surface area contributed by atoms with Crippen LogP contribution in [0, 0.1) is 5.92 Å². The second-order valence-corrected chi connectivity index (χ2v) is 5.75. The average molecular weight is 278 g/mol. The van der Waals surface area contributed by atoms with Gasteiger partial charge in [0, 0.05) is 18.0 Å². The summed E-state index contributed by atoms with van der Waals surface area (Å²) in [4.78, 5) is 22.9. The fraction of sp³-hybridized carbons (Fsp3) is 0.643. The molecule has 6 heteroatoms. The SMILES string of the molecule is O=C(NC1CCC(C(=O)O)CC1)c1cc(C2CC2)on1. The van der Waals surface area contributed by atoms with Gasteiger partial charge in [0.1, 0.15) is 5.76 Å². The van der Waals surface area contributed by atoms with Gasteiger partial charge < -0.3 is 14.9 Å². The fourth-order valence-corrected chi connectivity index (χ4v) is 2.70. The highest BCUT2D eigenvalue weighted by atomic mass is 16.5. The zero-order chi connectivity index (χ0) is 14.1. The van der Waals surface area contributed by atoms with Gasteiger partial charge in [0.25, 0.3) is 5.91 Å². The molecular formula is C14H18N2O4. The number of carbonyl (C=O) groups is 2. The minimum Gasteiger partial charge on any atom is -0.481 e. The second-order valence-electron chi connectivity index (χ2n) is 5.75. The molecule has 0 unspecified atom stereocenters. The minimum absolute atomic E-state index is 0.0409. The average Bonchev–Trinajstić information content (AvgIpc) is 3.17. The first-order valence-corrected chi connectivity index (χ1v) is 7.14. The topological polar surface area (TPSA) is 92.4 Å². The van der Waals surface area contributed by atoms with Crippen LogP contribution >= 0.6 is 0 Å². The maximum atomic E-state index is 12.0. The Morgan fingerprint density at radius 3 is 2.50 bits per heavy atom. The molecule has 1 heterocycles. The molecular weight excluding hydrogens is 260 g/mol. The molecule has 2 aliphatic rings. The molecule has 6 nitrogen and oxygen atoms in total. The molecule has 0 atom stereocenters. The number of nitrogens with zero attached hydrogens (tertiary/aromatic N) is 1. The Morgan fingerprint density at radius 2 is 1.90 bits per heavy atom. The number of aromatic nitrogens is 1. The van der Waals surface area contributed by atoms with Gasteiger partial charge in [0.15, 0.2) is 5.69 Å². The molecule has 0 aromatic carbocycles. The molecule has 1 aromatic rings. The van der Waals surface area contributed by atoms with Crippen LogP contribution in [0.3, 0.4) is 0 Å². The molecule has 2 N–H and O–H groups in total. The van der Waals surface area contributed by atoms with Crippen molar-refractivity contribution in [1.82, 2.24) is 10.5 Å². The van der Waals surface area contributed by atoms with Crippen molar-refractivity contribution in [3.05, 3.63) is 17.5 Å². The van der Waals surface area contributed by atoms with E-state index in [2.05, 4.69) is 10.5 Å². The molecule has 0 bridgehead atoms. The van der Waals surface area contributed by atoms with Crippen molar-refractivity contribution >= 4 is 11.9 Å². The zero-order valence-corrected chi connectivity index (χ0v) is 11.2. The van der Waals surface area contributed by atoms with Crippen LogP contribution in [0.1, 0.15) is 60.7 Å². The third-order valence-electron chi connectivity index (χ3n) is 4.15. The minimum atomic E-state index is -0.736. The monoisotopic (exact) mass is 278 g/mol. The van der Waals surface area contributed by atoms with Crippen LogP contribution in [0.15, 0.2) is 10.6 Å². The highest BCUT2D eigenvalue weighted by molar-refractivity contribution is 5.92. The molecule has 3 rings (SSSR count). The van der Waals surface area contributed by atoms with E-state index in [0.29, 0.717) is 37.3 Å². The van der Waals surface area contributed by atoms with E-state index < -0.39 is 5.97 Å². The van der Waals surface area contributed by atoms with Crippen molar-refractivity contribution in [1.29, 1.82) is 0 Å². The van der Waals surface area contributed by atoms with Crippen LogP contribution in [-0.2, 0) is 4.79 Å². The fourth-order valence-electron chi connectivity index (χ4n) is 2.70. The van der Waals surface area contributed by atoms with Crippen LogP contribution in [0.5, 0.6) is 0 Å². The largest absolute Gasteiger partial charge is 0.481 e. The molecule has 0 radical (unpaired) electrons. The summed E-state index contributed by atoms with van der Waals surface area (Å²) < 4.78 is 5.16. The number of nitrogens with one attached hydrogen (secondary N) is 1. The normalized spacial score (nSPS) is 26.2. The van der Waals surface area contributed by atoms with Gasteiger partial charge in [-0.2, -0.15) is 0 Å². The number of aliphatic carboxylic acids is 1. The van der Waals surface area contributed by atoms with Gasteiger partial charge >= 0.3 is 5.97 Å². The number of carbonyl (C=O) groups excluding carboxylic acids is 1. The molecule has 1 aromatic heterocycles. The number of hydrogen-bond acceptors (Lipinski definition) is 4. The Bertz CT molecular complexity index is 513. The Balaban J connectivity index is 1.52. The highest BCUT2D eigenvalue weighted by Crippen LogP contribution is 2.40. The van der Waals surface area contributed by atoms with Crippen molar-refractivity contribution < 1.29 is 19.2 Å². The zero-order valence-electron chi connectivity index (χ0n) is 11.2. The Morgan fingerprint density at radius 1 is 1.20 bits per heavy atom. The van der Waals surface area contributed by atoms with Gasteiger partial charge in [0.2, 0.25) is 0 Å². The van der Waals surface area contributed by atoms with E-state index in [1.54, 1.807) is 6.07 Å². The van der Waals surface area contributed by atoms with Crippen molar-refractivity contribution in [2.45, 2.75) is 50.5 Å². The first-order valence-electron chi connectivity index (χ1n) is 7.14. The highest BCUT2D eigenvalue weighted by Gasteiger charge is 2.30. The van der Waals surface area contributed by atoms with Crippen molar-refractivity contribution in [2.75, 3.05) is 0 Å². The van der Waals surface area contributed by atoms with E-state index in [1.807, 2.05) is 0 Å². The van der Waals surface area contributed by atoms with Crippen molar-refractivity contribution in [2.24, 2.45) is 5.92 Å². The van der Waals surface area contributed by atoms with Gasteiger partial charge in [0.05, 0.1) is 5.92 Å². The molecule has 108 valence electrons. The van der Waals surface area contributed by atoms with Crippen LogP contribution in [0.2, 0.25) is 0 Å². The summed E-state index contributed by atoms with van der Waals surface area (Å²) in [7, 11) is 0. The van der Waals surface area contributed by atoms with Crippen LogP contribution in [-0.4, -0.2) is 28.2 Å². The summed E-state index contributed by atoms with van der Waals surface area (Å²) in [5.74, 6) is 0.0104. The van der Waals surface area contributed by atoms with E-state index in [1.165, 1.54) is 0 Å². The maximum absolute atomic E-state index is 12.0. The van der Waals surface area contributed by atoms with E-state index in [-0.39, 0.29) is 17.9 Å². The van der Waals surface area contributed by atoms with E-state index in [4.69, 9.17) is 9.63 Å². The first kappa shape index (κ1) is 13.1. The maximum Gasteiger partial charge on any atom is 0.306 e. The van der Waals surface area contributed by atoms with Crippen molar-refractivity contribution in [3.8, 4) is 0 Å². The summed E-state index contributed by atoms with van der Waals surface area (Å²) >= 11 is 0. The van der Waals surface area contributed by atoms with Gasteiger partial charge in [-0.1, -0.05) is 5.16 Å². The summed E-state index contributed by atoms with van der Waals surface area (Å²) in [6.45, 7) is 0. The third kappa shape index (κ3) is 2.84. The summed E-state index contributed by atoms with van der Waals surface area (Å²) in [6, 6.07) is 1.76. The predicted octanol–water partition coefficient (Wildman–Crippen LogP) is 1.93. The third-order valence-corrected chi connectivity index (χ3v) is 4.15. The lowest BCUT2D eigenvalue weighted by Gasteiger charge is -2.26. The number of hydrogen-bond donors (Lipinski definition) is 2. The van der Waals surface area contributed by atoms with Crippen LogP contribution in [0.4, 0.5) is 0 Å². The van der Waals surface area contributed by atoms with Crippen molar-refractivity contribution in [3.63, 3.8) is 0 Å². The lowest BCUT2D eigenvalue weighted by Crippen LogP contribution is -2.38. The molecule has 20 heavy (non-hydrogen) atoms. The van der Waals surface area contributed by atoms with E-state index in [0.717, 1.165) is 18.6 Å². The number of amides is 1. The quantitative estimate of drug-likeness (QED) is 0.877. The Labute approximate surface area is 116 Å². The van der Waals surface area contributed by atoms with Gasteiger partial charge in [-0.25, -0.2) is 0 Å². The van der Waals surface area contributed by atoms with Gasteiger partial charge in [-0.05, 0) is 38.5 Å². The van der Waals surface area contributed by atoms with Gasteiger partial charge in [-0.3, -0.25) is 9.59 Å². The number of carboxylic acids is 1. The Hall–Kier alpha value is -1.85. The molecule has 2 saturated carbocycles. The molecule has 1 amide bonds. The standard InChI is InChI=1S/C14H18N2O4/c17-13(11-7-12(20-16-11)8-1-2-8)15-10-5-3-9(4-6-10)14(18)19/h7-10H,1-6H2,(H,15,17)(H,18,19). The van der Waals surface area contributed by atoms with E-state index >= 15 is 0 Å². The molecule has 2 fully saturated rings. The number of carboxylic acid groups (broad SMARTS) is 1. The molecule has 2 aliphatic carbocycles. The van der Waals surface area contributed by atoms with Crippen LogP contribution < -0.4 is 5.32 Å². The smallest absolute Gasteiger partial charge is 0.306 e. The summed E-state index contributed by atoms with van der Waals surface area (Å²) in [5.41, 5.74) is 0.326. The van der Waals surface area contributed by atoms with Gasteiger partial charge in [-0.15, -0.1) is 0 Å². The van der Waals surface area contributed by atoms with Crippen LogP contribution in [0.25, 0.3) is 0 Å². The van der Waals surface area contributed by atoms with E-state index in [9.17, 15) is 9.59 Å². The first-order chi connectivity index (χ1) is 9.63. The lowest BCUT2D eigenvalue weighted by atomic mass is 9.86. The molecule has 0 aliphatic heterocycles. The summed E-state index contributed by atoms with van der Waals surface area (Å²) in [6.07, 6.45) is 4.86. The second kappa shape index (κ2) is 5.26. The Kier molecular flexibility index (Phi) is 3.46.